The predicted octanol–water partition coefficient (Wildman–Crippen LogP) is 1.87. The molecule has 1 aliphatic rings. The van der Waals surface area contributed by atoms with E-state index < -0.39 is 42.3 Å². The SMILES string of the molecule is CC(C)(C)OC(=O)N1C[C@H](C(F)(F)F)[C@H]1C(=O)O. The summed E-state index contributed by atoms with van der Waals surface area (Å²) >= 11 is 0. The fraction of sp³-hybridized carbons (Fsp3) is 0.800. The van der Waals surface area contributed by atoms with E-state index in [1.165, 1.54) is 0 Å². The van der Waals surface area contributed by atoms with Gasteiger partial charge >= 0.3 is 18.2 Å². The molecule has 0 radical (unpaired) electrons. The molecule has 5 nitrogen and oxygen atoms in total. The molecule has 8 heteroatoms. The van der Waals surface area contributed by atoms with Gasteiger partial charge in [0.25, 0.3) is 0 Å². The average molecular weight is 269 g/mol. The van der Waals surface area contributed by atoms with Gasteiger partial charge in [0.15, 0.2) is 0 Å². The Morgan fingerprint density at radius 3 is 2.11 bits per heavy atom. The van der Waals surface area contributed by atoms with Crippen molar-refractivity contribution in [2.75, 3.05) is 6.54 Å². The van der Waals surface area contributed by atoms with E-state index in [1.807, 2.05) is 0 Å². The van der Waals surface area contributed by atoms with Crippen molar-refractivity contribution in [1.82, 2.24) is 4.90 Å². The third-order valence-electron chi connectivity index (χ3n) is 2.41. The lowest BCUT2D eigenvalue weighted by atomic mass is 9.88. The summed E-state index contributed by atoms with van der Waals surface area (Å²) in [6.07, 6.45) is -5.68. The fourth-order valence-electron chi connectivity index (χ4n) is 1.60. The molecule has 0 bridgehead atoms. The van der Waals surface area contributed by atoms with Crippen LogP contribution in [-0.2, 0) is 9.53 Å². The maximum atomic E-state index is 12.4. The van der Waals surface area contributed by atoms with Gasteiger partial charge in [0.2, 0.25) is 0 Å². The quantitative estimate of drug-likeness (QED) is 0.789. The number of rotatable bonds is 1. The van der Waals surface area contributed by atoms with Crippen molar-refractivity contribution in [3.05, 3.63) is 0 Å². The molecule has 1 fully saturated rings. The van der Waals surface area contributed by atoms with Gasteiger partial charge in [0, 0.05) is 6.54 Å². The molecule has 0 unspecified atom stereocenters. The van der Waals surface area contributed by atoms with Crippen LogP contribution in [0, 0.1) is 5.92 Å². The van der Waals surface area contributed by atoms with Gasteiger partial charge in [-0.15, -0.1) is 0 Å². The van der Waals surface area contributed by atoms with E-state index in [1.54, 1.807) is 20.8 Å². The normalized spacial score (nSPS) is 24.4. The molecule has 0 aromatic rings. The van der Waals surface area contributed by atoms with Gasteiger partial charge in [-0.2, -0.15) is 13.2 Å². The van der Waals surface area contributed by atoms with Crippen LogP contribution in [0.2, 0.25) is 0 Å². The summed E-state index contributed by atoms with van der Waals surface area (Å²) in [7, 11) is 0. The van der Waals surface area contributed by atoms with Crippen molar-refractivity contribution in [3.8, 4) is 0 Å². The number of carboxylic acids is 1. The van der Waals surface area contributed by atoms with Crippen molar-refractivity contribution >= 4 is 12.1 Å². The molecule has 0 saturated carbocycles. The second-order valence-corrected chi connectivity index (χ2v) is 5.06. The number of halogens is 3. The summed E-state index contributed by atoms with van der Waals surface area (Å²) in [4.78, 5) is 22.8. The Morgan fingerprint density at radius 1 is 1.28 bits per heavy atom. The number of carbonyl (C=O) groups excluding carboxylic acids is 1. The molecule has 18 heavy (non-hydrogen) atoms. The molecule has 1 heterocycles. The molecule has 1 rings (SSSR count). The Morgan fingerprint density at radius 2 is 1.78 bits per heavy atom. The van der Waals surface area contributed by atoms with Crippen molar-refractivity contribution < 1.29 is 32.6 Å². The number of hydrogen-bond donors (Lipinski definition) is 1. The minimum absolute atomic E-state index is 0.575. The Balaban J connectivity index is 2.76. The molecular formula is C10H14F3NO4. The number of alkyl halides is 3. The van der Waals surface area contributed by atoms with Crippen LogP contribution >= 0.6 is 0 Å². The van der Waals surface area contributed by atoms with E-state index >= 15 is 0 Å². The van der Waals surface area contributed by atoms with Gasteiger partial charge in [-0.05, 0) is 20.8 Å². The lowest BCUT2D eigenvalue weighted by molar-refractivity contribution is -0.229. The minimum Gasteiger partial charge on any atom is -0.480 e. The van der Waals surface area contributed by atoms with Gasteiger partial charge in [0.1, 0.15) is 17.6 Å². The number of aliphatic carboxylic acids is 1. The number of nitrogens with zero attached hydrogens (tertiary/aromatic N) is 1. The first-order chi connectivity index (χ1) is 7.93. The Hall–Kier alpha value is -1.47. The summed E-state index contributed by atoms with van der Waals surface area (Å²) in [6, 6.07) is -1.90. The van der Waals surface area contributed by atoms with Crippen LogP contribution in [0.25, 0.3) is 0 Å². The zero-order valence-corrected chi connectivity index (χ0v) is 10.1. The highest BCUT2D eigenvalue weighted by Gasteiger charge is 2.60. The Kier molecular flexibility index (Phi) is 3.51. The first kappa shape index (κ1) is 14.6. The van der Waals surface area contributed by atoms with E-state index in [-0.39, 0.29) is 0 Å². The summed E-state index contributed by atoms with van der Waals surface area (Å²) < 4.78 is 42.2. The second kappa shape index (κ2) is 4.33. The van der Waals surface area contributed by atoms with Crippen molar-refractivity contribution in [3.63, 3.8) is 0 Å². The average Bonchev–Trinajstić information content (AvgIpc) is 1.91. The number of likely N-dealkylation sites (tertiary alicyclic amines) is 1. The lowest BCUT2D eigenvalue weighted by Gasteiger charge is -2.45. The molecule has 0 aliphatic carbocycles. The molecule has 1 saturated heterocycles. The summed E-state index contributed by atoms with van der Waals surface area (Å²) in [5, 5.41) is 8.74. The molecule has 1 amide bonds. The molecular weight excluding hydrogens is 255 g/mol. The third kappa shape index (κ3) is 3.05. The molecule has 0 spiro atoms. The van der Waals surface area contributed by atoms with Crippen LogP contribution in [0.4, 0.5) is 18.0 Å². The van der Waals surface area contributed by atoms with E-state index in [2.05, 4.69) is 0 Å². The molecule has 0 aromatic heterocycles. The van der Waals surface area contributed by atoms with Crippen molar-refractivity contribution in [2.45, 2.75) is 38.6 Å². The maximum absolute atomic E-state index is 12.4. The third-order valence-corrected chi connectivity index (χ3v) is 2.41. The van der Waals surface area contributed by atoms with Crippen LogP contribution in [0.15, 0.2) is 0 Å². The second-order valence-electron chi connectivity index (χ2n) is 5.06. The largest absolute Gasteiger partial charge is 0.480 e. The first-order valence-corrected chi connectivity index (χ1v) is 5.22. The highest BCUT2D eigenvalue weighted by Crippen LogP contribution is 2.39. The minimum atomic E-state index is -4.64. The first-order valence-electron chi connectivity index (χ1n) is 5.22. The molecule has 0 aromatic carbocycles. The van der Waals surface area contributed by atoms with Crippen molar-refractivity contribution in [2.24, 2.45) is 5.92 Å². The smallest absolute Gasteiger partial charge is 0.411 e. The number of ether oxygens (including phenoxy) is 1. The van der Waals surface area contributed by atoms with Crippen LogP contribution in [0.5, 0.6) is 0 Å². The summed E-state index contributed by atoms with van der Waals surface area (Å²) in [6.45, 7) is 3.94. The lowest BCUT2D eigenvalue weighted by Crippen LogP contribution is -2.66. The van der Waals surface area contributed by atoms with Crippen LogP contribution in [0.3, 0.4) is 0 Å². The van der Waals surface area contributed by atoms with Gasteiger partial charge in [-0.3, -0.25) is 4.90 Å². The van der Waals surface area contributed by atoms with Crippen LogP contribution < -0.4 is 0 Å². The Bertz CT molecular complexity index is 361. The molecule has 1 N–H and O–H groups in total. The van der Waals surface area contributed by atoms with E-state index in [0.717, 1.165) is 0 Å². The number of amides is 1. The maximum Gasteiger partial charge on any atom is 0.411 e. The Labute approximate surface area is 102 Å². The predicted molar refractivity (Wildman–Crippen MR) is 53.9 cm³/mol. The molecule has 104 valence electrons. The van der Waals surface area contributed by atoms with Crippen molar-refractivity contribution in [1.29, 1.82) is 0 Å². The van der Waals surface area contributed by atoms with Gasteiger partial charge < -0.3 is 9.84 Å². The monoisotopic (exact) mass is 269 g/mol. The number of carboxylic acid groups (broad SMARTS) is 1. The highest BCUT2D eigenvalue weighted by atomic mass is 19.4. The van der Waals surface area contributed by atoms with Crippen LogP contribution in [0.1, 0.15) is 20.8 Å². The van der Waals surface area contributed by atoms with E-state index in [4.69, 9.17) is 9.84 Å². The van der Waals surface area contributed by atoms with Gasteiger partial charge in [-0.25, -0.2) is 9.59 Å². The van der Waals surface area contributed by atoms with Gasteiger partial charge in [0.05, 0.1) is 0 Å². The summed E-state index contributed by atoms with van der Waals surface area (Å²) in [5.74, 6) is -3.73. The summed E-state index contributed by atoms with van der Waals surface area (Å²) in [5.41, 5.74) is -0.885. The zero-order chi connectivity index (χ0) is 14.3. The molecule has 1 aliphatic heterocycles. The number of hydrogen-bond acceptors (Lipinski definition) is 3. The topological polar surface area (TPSA) is 66.8 Å². The number of carbonyl (C=O) groups is 2. The van der Waals surface area contributed by atoms with Crippen LogP contribution in [-0.4, -0.2) is 46.4 Å². The van der Waals surface area contributed by atoms with E-state index in [9.17, 15) is 22.8 Å². The standard InChI is InChI=1S/C10H14F3NO4/c1-9(2,3)18-8(17)14-4-5(10(11,12)13)6(14)7(15)16/h5-6H,4H2,1-3H3,(H,15,16)/t5-,6-/m0/s1. The molecule has 2 atom stereocenters. The van der Waals surface area contributed by atoms with E-state index in [0.29, 0.717) is 4.90 Å². The van der Waals surface area contributed by atoms with Gasteiger partial charge in [-0.1, -0.05) is 0 Å². The fourth-order valence-corrected chi connectivity index (χ4v) is 1.60. The highest BCUT2D eigenvalue weighted by molar-refractivity contribution is 5.82. The zero-order valence-electron chi connectivity index (χ0n) is 10.1.